The van der Waals surface area contributed by atoms with Crippen LogP contribution in [0.3, 0.4) is 0 Å². The normalized spacial score (nSPS) is 13.3. The van der Waals surface area contributed by atoms with Gasteiger partial charge >= 0.3 is 0 Å². The van der Waals surface area contributed by atoms with Gasteiger partial charge in [0.05, 0.1) is 12.5 Å². The quantitative estimate of drug-likeness (QED) is 0.410. The zero-order chi connectivity index (χ0) is 19.1. The van der Waals surface area contributed by atoms with Crippen molar-refractivity contribution in [3.05, 3.63) is 68.1 Å². The van der Waals surface area contributed by atoms with Crippen LogP contribution in [0.1, 0.15) is 30.4 Å². The zero-order valence-corrected chi connectivity index (χ0v) is 17.3. The van der Waals surface area contributed by atoms with Gasteiger partial charge in [0.2, 0.25) is 5.91 Å². The maximum Gasteiger partial charge on any atom is 0.245 e. The van der Waals surface area contributed by atoms with Gasteiger partial charge in [-0.2, -0.15) is 0 Å². The monoisotopic (exact) mass is 459 g/mol. The number of hydrogen-bond donors (Lipinski definition) is 2. The first-order chi connectivity index (χ1) is 12.4. The standard InChI is InChI=1S/C19H20BrCl2NO3/c1-2-26-18(11-19(24)23-25)16(12-3-6-14(20)7-4-12)9-13-5-8-15(21)10-17(13)22/h3-8,10,16,18,25H,2,9,11H2,1H3,(H,23,24). The van der Waals surface area contributed by atoms with Gasteiger partial charge in [0.1, 0.15) is 0 Å². The van der Waals surface area contributed by atoms with Gasteiger partial charge in [-0.25, -0.2) is 5.48 Å². The van der Waals surface area contributed by atoms with Crippen molar-refractivity contribution in [2.75, 3.05) is 6.61 Å². The van der Waals surface area contributed by atoms with Crippen LogP contribution in [0, 0.1) is 0 Å². The Balaban J connectivity index is 2.38. The topological polar surface area (TPSA) is 58.6 Å². The Kier molecular flexibility index (Phi) is 8.38. The summed E-state index contributed by atoms with van der Waals surface area (Å²) in [5, 5.41) is 10.0. The third-order valence-corrected chi connectivity index (χ3v) is 5.21. The van der Waals surface area contributed by atoms with Crippen molar-refractivity contribution in [3.8, 4) is 0 Å². The molecule has 2 aromatic rings. The van der Waals surface area contributed by atoms with E-state index in [9.17, 15) is 4.79 Å². The second-order valence-electron chi connectivity index (χ2n) is 5.83. The molecule has 26 heavy (non-hydrogen) atoms. The number of benzene rings is 2. The van der Waals surface area contributed by atoms with Gasteiger partial charge < -0.3 is 4.74 Å². The van der Waals surface area contributed by atoms with Crippen LogP contribution in [-0.2, 0) is 16.0 Å². The van der Waals surface area contributed by atoms with Crippen LogP contribution in [0.25, 0.3) is 0 Å². The number of amides is 1. The fraction of sp³-hybridized carbons (Fsp3) is 0.316. The highest BCUT2D eigenvalue weighted by molar-refractivity contribution is 9.10. The Labute approximate surface area is 171 Å². The molecule has 2 rings (SSSR count). The van der Waals surface area contributed by atoms with Crippen LogP contribution in [-0.4, -0.2) is 23.8 Å². The third-order valence-electron chi connectivity index (χ3n) is 4.09. The van der Waals surface area contributed by atoms with Crippen LogP contribution in [0.15, 0.2) is 46.9 Å². The molecule has 0 spiro atoms. The average Bonchev–Trinajstić information content (AvgIpc) is 2.61. The van der Waals surface area contributed by atoms with Crippen molar-refractivity contribution >= 4 is 45.0 Å². The molecule has 0 heterocycles. The Bertz CT molecular complexity index is 740. The number of nitrogens with one attached hydrogen (secondary N) is 1. The summed E-state index contributed by atoms with van der Waals surface area (Å²) < 4.78 is 6.81. The molecule has 140 valence electrons. The van der Waals surface area contributed by atoms with Gasteiger partial charge in [0, 0.05) is 27.0 Å². The Morgan fingerprint density at radius 2 is 1.92 bits per heavy atom. The van der Waals surface area contributed by atoms with E-state index in [1.165, 1.54) is 0 Å². The second kappa shape index (κ2) is 10.3. The summed E-state index contributed by atoms with van der Waals surface area (Å²) >= 11 is 15.8. The maximum absolute atomic E-state index is 11.8. The highest BCUT2D eigenvalue weighted by Gasteiger charge is 2.27. The lowest BCUT2D eigenvalue weighted by atomic mass is 9.85. The molecule has 2 N–H and O–H groups in total. The van der Waals surface area contributed by atoms with E-state index >= 15 is 0 Å². The molecule has 2 aromatic carbocycles. The minimum Gasteiger partial charge on any atom is -0.377 e. The Hall–Kier alpha value is -1.11. The largest absolute Gasteiger partial charge is 0.377 e. The summed E-state index contributed by atoms with van der Waals surface area (Å²) in [5.41, 5.74) is 3.61. The molecule has 0 aliphatic heterocycles. The molecule has 0 radical (unpaired) electrons. The van der Waals surface area contributed by atoms with E-state index in [0.29, 0.717) is 23.1 Å². The van der Waals surface area contributed by atoms with Crippen molar-refractivity contribution < 1.29 is 14.7 Å². The predicted molar refractivity (Wildman–Crippen MR) is 107 cm³/mol. The molecule has 2 atom stereocenters. The first-order valence-corrected chi connectivity index (χ1v) is 9.73. The van der Waals surface area contributed by atoms with Crippen LogP contribution in [0.2, 0.25) is 10.0 Å². The predicted octanol–water partition coefficient (Wildman–Crippen LogP) is 5.38. The summed E-state index contributed by atoms with van der Waals surface area (Å²) in [6, 6.07) is 13.2. The lowest BCUT2D eigenvalue weighted by Gasteiger charge is -2.27. The lowest BCUT2D eigenvalue weighted by Crippen LogP contribution is -2.31. The number of halogens is 3. The first-order valence-electron chi connectivity index (χ1n) is 8.18. The minimum atomic E-state index is -0.493. The van der Waals surface area contributed by atoms with Crippen molar-refractivity contribution in [3.63, 3.8) is 0 Å². The van der Waals surface area contributed by atoms with E-state index in [0.717, 1.165) is 15.6 Å². The second-order valence-corrected chi connectivity index (χ2v) is 7.59. The molecule has 7 heteroatoms. The molecule has 0 saturated carbocycles. The van der Waals surface area contributed by atoms with Crippen LogP contribution < -0.4 is 5.48 Å². The van der Waals surface area contributed by atoms with Gasteiger partial charge in [-0.3, -0.25) is 10.0 Å². The number of carbonyl (C=O) groups is 1. The number of rotatable bonds is 8. The van der Waals surface area contributed by atoms with E-state index in [1.807, 2.05) is 37.3 Å². The molecule has 0 aliphatic rings. The van der Waals surface area contributed by atoms with Gasteiger partial charge in [-0.15, -0.1) is 0 Å². The van der Waals surface area contributed by atoms with Gasteiger partial charge in [0.25, 0.3) is 0 Å². The molecule has 0 aromatic heterocycles. The van der Waals surface area contributed by atoms with Crippen molar-refractivity contribution in [2.45, 2.75) is 31.8 Å². The van der Waals surface area contributed by atoms with E-state index < -0.39 is 12.0 Å². The zero-order valence-electron chi connectivity index (χ0n) is 14.2. The minimum absolute atomic E-state index is 0.0380. The fourth-order valence-electron chi connectivity index (χ4n) is 2.86. The van der Waals surface area contributed by atoms with E-state index in [4.69, 9.17) is 33.1 Å². The summed E-state index contributed by atoms with van der Waals surface area (Å²) in [7, 11) is 0. The summed E-state index contributed by atoms with van der Waals surface area (Å²) in [4.78, 5) is 11.8. The summed E-state index contributed by atoms with van der Waals surface area (Å²) in [5.74, 6) is -0.619. The van der Waals surface area contributed by atoms with Gasteiger partial charge in [0.15, 0.2) is 0 Å². The smallest absolute Gasteiger partial charge is 0.245 e. The molecule has 1 amide bonds. The fourth-order valence-corrected chi connectivity index (χ4v) is 3.61. The molecular formula is C19H20BrCl2NO3. The lowest BCUT2D eigenvalue weighted by molar-refractivity contribution is -0.132. The Morgan fingerprint density at radius 3 is 2.50 bits per heavy atom. The van der Waals surface area contributed by atoms with Crippen molar-refractivity contribution in [2.24, 2.45) is 0 Å². The molecule has 0 bridgehead atoms. The molecule has 0 aliphatic carbocycles. The van der Waals surface area contributed by atoms with Crippen molar-refractivity contribution in [1.82, 2.24) is 5.48 Å². The van der Waals surface area contributed by atoms with E-state index in [-0.39, 0.29) is 12.3 Å². The summed E-state index contributed by atoms with van der Waals surface area (Å²) in [6.45, 7) is 2.32. The number of hydroxylamine groups is 1. The SMILES string of the molecule is CCOC(CC(=O)NO)C(Cc1ccc(Cl)cc1Cl)c1ccc(Br)cc1. The molecule has 0 saturated heterocycles. The van der Waals surface area contributed by atoms with Gasteiger partial charge in [-0.05, 0) is 48.7 Å². The average molecular weight is 461 g/mol. The van der Waals surface area contributed by atoms with E-state index in [2.05, 4.69) is 15.9 Å². The van der Waals surface area contributed by atoms with Gasteiger partial charge in [-0.1, -0.05) is 57.3 Å². The highest BCUT2D eigenvalue weighted by Crippen LogP contribution is 2.32. The Morgan fingerprint density at radius 1 is 1.23 bits per heavy atom. The van der Waals surface area contributed by atoms with Crippen LogP contribution in [0.5, 0.6) is 0 Å². The maximum atomic E-state index is 11.8. The van der Waals surface area contributed by atoms with E-state index in [1.54, 1.807) is 17.6 Å². The third kappa shape index (κ3) is 5.96. The number of ether oxygens (including phenoxy) is 1. The van der Waals surface area contributed by atoms with Crippen LogP contribution in [0.4, 0.5) is 0 Å². The summed E-state index contributed by atoms with van der Waals surface area (Å²) in [6.07, 6.45) is 0.192. The molecule has 2 unspecified atom stereocenters. The molecular weight excluding hydrogens is 441 g/mol. The first kappa shape index (κ1) is 21.2. The molecule has 0 fully saturated rings. The van der Waals surface area contributed by atoms with Crippen molar-refractivity contribution in [1.29, 1.82) is 0 Å². The highest BCUT2D eigenvalue weighted by atomic mass is 79.9. The number of hydrogen-bond acceptors (Lipinski definition) is 3. The number of carbonyl (C=O) groups excluding carboxylic acids is 1. The molecule has 4 nitrogen and oxygen atoms in total. The van der Waals surface area contributed by atoms with Crippen LogP contribution >= 0.6 is 39.1 Å².